The number of imide groups is 1. The Morgan fingerprint density at radius 3 is 2.37 bits per heavy atom. The van der Waals surface area contributed by atoms with Crippen LogP contribution in [0.15, 0.2) is 48.5 Å². The Balaban J connectivity index is 1.72. The number of urea groups is 1. The van der Waals surface area contributed by atoms with Gasteiger partial charge in [0.15, 0.2) is 5.54 Å². The van der Waals surface area contributed by atoms with Crippen LogP contribution < -0.4 is 5.32 Å². The fourth-order valence-corrected chi connectivity index (χ4v) is 3.99. The molecule has 0 saturated carbocycles. The third-order valence-corrected chi connectivity index (χ3v) is 5.91. The van der Waals surface area contributed by atoms with Crippen LogP contribution in [0.3, 0.4) is 0 Å². The molecule has 2 aromatic carbocycles. The summed E-state index contributed by atoms with van der Waals surface area (Å²) in [6.07, 6.45) is 0. The minimum atomic E-state index is -1.36. The maximum Gasteiger partial charge on any atom is 0.326 e. The topological polar surface area (TPSA) is 79.0 Å². The molecule has 1 N–H and O–H groups in total. The molecule has 2 saturated heterocycles. The molecule has 0 radical (unpaired) electrons. The first-order valence-electron chi connectivity index (χ1n) is 10.1. The van der Waals surface area contributed by atoms with Crippen LogP contribution in [0, 0.1) is 13.8 Å². The highest BCUT2D eigenvalue weighted by atomic mass is 16.5. The van der Waals surface area contributed by atoms with Gasteiger partial charge in [-0.2, -0.15) is 0 Å². The molecule has 2 aromatic rings. The van der Waals surface area contributed by atoms with Gasteiger partial charge in [0.1, 0.15) is 6.54 Å². The Bertz CT molecular complexity index is 985. The zero-order valence-corrected chi connectivity index (χ0v) is 17.2. The zero-order valence-electron chi connectivity index (χ0n) is 17.2. The fraction of sp³-hybridized carbons (Fsp3) is 0.348. The predicted molar refractivity (Wildman–Crippen MR) is 111 cm³/mol. The number of carbonyl (C=O) groups excluding carboxylic acids is 3. The lowest BCUT2D eigenvalue weighted by molar-refractivity contribution is -0.141. The van der Waals surface area contributed by atoms with Crippen LogP contribution in [0.25, 0.3) is 0 Å². The van der Waals surface area contributed by atoms with E-state index in [0.29, 0.717) is 37.4 Å². The van der Waals surface area contributed by atoms with Crippen molar-refractivity contribution in [2.75, 3.05) is 32.8 Å². The van der Waals surface area contributed by atoms with Crippen LogP contribution in [0.5, 0.6) is 0 Å². The smallest absolute Gasteiger partial charge is 0.326 e. The molecule has 7 nitrogen and oxygen atoms in total. The number of nitrogens with zero attached hydrogens (tertiary/aromatic N) is 2. The quantitative estimate of drug-likeness (QED) is 0.786. The third-order valence-electron chi connectivity index (χ3n) is 5.91. The molecule has 4 rings (SSSR count). The molecule has 0 aliphatic carbocycles. The van der Waals surface area contributed by atoms with E-state index >= 15 is 0 Å². The van der Waals surface area contributed by atoms with Gasteiger partial charge >= 0.3 is 6.03 Å². The average molecular weight is 407 g/mol. The van der Waals surface area contributed by atoms with E-state index in [1.165, 1.54) is 0 Å². The summed E-state index contributed by atoms with van der Waals surface area (Å²) >= 11 is 0. The molecule has 2 heterocycles. The lowest BCUT2D eigenvalue weighted by Gasteiger charge is -2.30. The monoisotopic (exact) mass is 407 g/mol. The Hall–Kier alpha value is -3.19. The summed E-state index contributed by atoms with van der Waals surface area (Å²) in [5.41, 5.74) is 2.09. The van der Waals surface area contributed by atoms with Crippen LogP contribution in [0.4, 0.5) is 4.79 Å². The van der Waals surface area contributed by atoms with Gasteiger partial charge in [0.2, 0.25) is 5.91 Å². The molecule has 7 heteroatoms. The van der Waals surface area contributed by atoms with Crippen LogP contribution >= 0.6 is 0 Å². The summed E-state index contributed by atoms with van der Waals surface area (Å²) in [7, 11) is 0. The van der Waals surface area contributed by atoms with Crippen molar-refractivity contribution < 1.29 is 19.1 Å². The van der Waals surface area contributed by atoms with Crippen molar-refractivity contribution in [1.29, 1.82) is 0 Å². The summed E-state index contributed by atoms with van der Waals surface area (Å²) < 4.78 is 5.28. The van der Waals surface area contributed by atoms with Crippen molar-refractivity contribution in [3.05, 3.63) is 70.8 Å². The van der Waals surface area contributed by atoms with E-state index in [9.17, 15) is 14.4 Å². The van der Waals surface area contributed by atoms with Gasteiger partial charge in [-0.25, -0.2) is 4.79 Å². The second kappa shape index (κ2) is 7.91. The largest absolute Gasteiger partial charge is 0.378 e. The van der Waals surface area contributed by atoms with Gasteiger partial charge in [0.25, 0.3) is 5.91 Å². The average Bonchev–Trinajstić information content (AvgIpc) is 3.02. The molecule has 2 aliphatic rings. The van der Waals surface area contributed by atoms with Crippen molar-refractivity contribution in [3.8, 4) is 0 Å². The fourth-order valence-electron chi connectivity index (χ4n) is 3.99. The van der Waals surface area contributed by atoms with Gasteiger partial charge in [-0.1, -0.05) is 48.5 Å². The molecule has 156 valence electrons. The van der Waals surface area contributed by atoms with Crippen LogP contribution in [0.2, 0.25) is 0 Å². The van der Waals surface area contributed by atoms with Gasteiger partial charge in [-0.05, 0) is 36.1 Å². The molecule has 4 amide bonds. The lowest BCUT2D eigenvalue weighted by Crippen LogP contribution is -2.48. The van der Waals surface area contributed by atoms with Gasteiger partial charge in [0, 0.05) is 13.1 Å². The minimum absolute atomic E-state index is 0.259. The third kappa shape index (κ3) is 3.35. The first-order valence-corrected chi connectivity index (χ1v) is 10.1. The number of ether oxygens (including phenoxy) is 1. The van der Waals surface area contributed by atoms with Crippen LogP contribution in [0.1, 0.15) is 22.3 Å². The van der Waals surface area contributed by atoms with Crippen molar-refractivity contribution in [1.82, 2.24) is 15.1 Å². The van der Waals surface area contributed by atoms with E-state index < -0.39 is 17.5 Å². The summed E-state index contributed by atoms with van der Waals surface area (Å²) in [4.78, 5) is 42.0. The minimum Gasteiger partial charge on any atom is -0.378 e. The Morgan fingerprint density at radius 2 is 1.70 bits per heavy atom. The van der Waals surface area contributed by atoms with Crippen molar-refractivity contribution >= 4 is 17.8 Å². The van der Waals surface area contributed by atoms with Gasteiger partial charge in [-0.3, -0.25) is 14.5 Å². The Labute approximate surface area is 175 Å². The molecular formula is C23H25N3O4. The summed E-state index contributed by atoms with van der Waals surface area (Å²) in [6.45, 7) is 5.52. The van der Waals surface area contributed by atoms with Gasteiger partial charge in [0.05, 0.1) is 13.2 Å². The maximum absolute atomic E-state index is 13.7. The molecule has 30 heavy (non-hydrogen) atoms. The zero-order chi connectivity index (χ0) is 21.3. The summed E-state index contributed by atoms with van der Waals surface area (Å²) in [6, 6.07) is 14.3. The molecule has 0 unspecified atom stereocenters. The second-order valence-corrected chi connectivity index (χ2v) is 7.73. The first kappa shape index (κ1) is 20.1. The number of morpholine rings is 1. The van der Waals surface area contributed by atoms with Gasteiger partial charge in [-0.15, -0.1) is 0 Å². The number of benzene rings is 2. The Morgan fingerprint density at radius 1 is 1.00 bits per heavy atom. The summed E-state index contributed by atoms with van der Waals surface area (Å²) in [5, 5.41) is 2.90. The van der Waals surface area contributed by atoms with E-state index in [4.69, 9.17) is 4.74 Å². The highest BCUT2D eigenvalue weighted by molar-refractivity contribution is 6.11. The van der Waals surface area contributed by atoms with E-state index in [-0.39, 0.29) is 12.5 Å². The number of nitrogens with one attached hydrogen (secondary N) is 1. The second-order valence-electron chi connectivity index (χ2n) is 7.73. The number of rotatable bonds is 4. The number of hydrogen-bond donors (Lipinski definition) is 1. The Kier molecular flexibility index (Phi) is 5.30. The maximum atomic E-state index is 13.7. The first-order chi connectivity index (χ1) is 14.4. The van der Waals surface area contributed by atoms with Crippen molar-refractivity contribution in [3.63, 3.8) is 0 Å². The molecule has 2 aliphatic heterocycles. The van der Waals surface area contributed by atoms with Crippen LogP contribution in [-0.4, -0.2) is 60.5 Å². The van der Waals surface area contributed by atoms with E-state index in [1.54, 1.807) is 4.90 Å². The molecule has 1 atom stereocenters. The van der Waals surface area contributed by atoms with E-state index in [2.05, 4.69) is 5.32 Å². The standard InChI is InChI=1S/C23H25N3O4/c1-16-8-9-19(14-17(16)2)23(18-6-4-3-5-7-18)21(28)26(22(29)24-23)15-20(27)25-10-12-30-13-11-25/h3-9,14H,10-13,15H2,1-2H3,(H,24,29)/t23-/m1/s1. The van der Waals surface area contributed by atoms with Gasteiger partial charge < -0.3 is 15.0 Å². The highest BCUT2D eigenvalue weighted by Gasteiger charge is 2.54. The summed E-state index contributed by atoms with van der Waals surface area (Å²) in [5.74, 6) is -0.700. The SMILES string of the molecule is Cc1ccc([C@@]2(c3ccccc3)NC(=O)N(CC(=O)N3CCOCC3)C2=O)cc1C. The normalized spacial score (nSPS) is 21.7. The number of amides is 4. The molecule has 0 spiro atoms. The predicted octanol–water partition coefficient (Wildman–Crippen LogP) is 1.96. The van der Waals surface area contributed by atoms with E-state index in [0.717, 1.165) is 16.0 Å². The number of aryl methyl sites for hydroxylation is 2. The molecule has 0 aromatic heterocycles. The lowest BCUT2D eigenvalue weighted by atomic mass is 9.81. The number of hydrogen-bond acceptors (Lipinski definition) is 4. The molecule has 0 bridgehead atoms. The highest BCUT2D eigenvalue weighted by Crippen LogP contribution is 2.36. The van der Waals surface area contributed by atoms with E-state index in [1.807, 2.05) is 62.4 Å². The molecular weight excluding hydrogens is 382 g/mol. The van der Waals surface area contributed by atoms with Crippen molar-refractivity contribution in [2.45, 2.75) is 19.4 Å². The molecule has 2 fully saturated rings. The number of carbonyl (C=O) groups is 3. The van der Waals surface area contributed by atoms with Crippen LogP contribution in [-0.2, 0) is 19.9 Å². The van der Waals surface area contributed by atoms with Crippen molar-refractivity contribution in [2.24, 2.45) is 0 Å².